The topological polar surface area (TPSA) is 131 Å². The van der Waals surface area contributed by atoms with E-state index in [2.05, 4.69) is 10.6 Å². The minimum absolute atomic E-state index is 0.0354. The van der Waals surface area contributed by atoms with Gasteiger partial charge in [0.15, 0.2) is 0 Å². The first kappa shape index (κ1) is 16.4. The van der Waals surface area contributed by atoms with Crippen molar-refractivity contribution in [3.63, 3.8) is 0 Å². The van der Waals surface area contributed by atoms with Crippen molar-refractivity contribution in [3.05, 3.63) is 35.9 Å². The van der Waals surface area contributed by atoms with Crippen molar-refractivity contribution in [2.24, 2.45) is 5.73 Å². The molecule has 0 radical (unpaired) electrons. The van der Waals surface area contributed by atoms with Crippen LogP contribution in [0.4, 0.5) is 4.79 Å². The van der Waals surface area contributed by atoms with Crippen LogP contribution in [0.1, 0.15) is 5.56 Å². The zero-order valence-corrected chi connectivity index (χ0v) is 11.2. The fraction of sp³-hybridized carbons (Fsp3) is 0.308. The molecule has 114 valence electrons. The second-order valence-electron chi connectivity index (χ2n) is 4.13. The van der Waals surface area contributed by atoms with E-state index >= 15 is 0 Å². The Morgan fingerprint density at radius 3 is 2.48 bits per heavy atom. The molecule has 5 N–H and O–H groups in total. The van der Waals surface area contributed by atoms with E-state index in [0.29, 0.717) is 0 Å². The van der Waals surface area contributed by atoms with Gasteiger partial charge in [-0.2, -0.15) is 0 Å². The standard InChI is InChI=1S/C13H17N3O5/c14-11(18)6-15-12(19)10(7-17)16-13(20)21-8-9-4-2-1-3-5-9/h1-5,10,17H,6-8H2,(H2,14,18)(H,15,19)(H,16,20). The average molecular weight is 295 g/mol. The molecule has 8 nitrogen and oxygen atoms in total. The summed E-state index contributed by atoms with van der Waals surface area (Å²) in [4.78, 5) is 33.6. The summed E-state index contributed by atoms with van der Waals surface area (Å²) >= 11 is 0. The van der Waals surface area contributed by atoms with Crippen molar-refractivity contribution in [2.45, 2.75) is 12.6 Å². The van der Waals surface area contributed by atoms with Crippen LogP contribution in [0.3, 0.4) is 0 Å². The van der Waals surface area contributed by atoms with Gasteiger partial charge in [-0.15, -0.1) is 0 Å². The Kier molecular flexibility index (Phi) is 6.69. The van der Waals surface area contributed by atoms with Gasteiger partial charge in [0, 0.05) is 0 Å². The van der Waals surface area contributed by atoms with Crippen LogP contribution in [0.2, 0.25) is 0 Å². The lowest BCUT2D eigenvalue weighted by molar-refractivity contribution is -0.126. The van der Waals surface area contributed by atoms with Crippen LogP contribution in [-0.4, -0.2) is 42.2 Å². The molecule has 1 rings (SSSR count). The molecule has 0 saturated heterocycles. The van der Waals surface area contributed by atoms with Gasteiger partial charge in [0.05, 0.1) is 13.2 Å². The first-order chi connectivity index (χ1) is 10.0. The van der Waals surface area contributed by atoms with Crippen LogP contribution in [0.25, 0.3) is 0 Å². The largest absolute Gasteiger partial charge is 0.445 e. The highest BCUT2D eigenvalue weighted by molar-refractivity contribution is 5.89. The summed E-state index contributed by atoms with van der Waals surface area (Å²) in [6, 6.07) is 7.75. The van der Waals surface area contributed by atoms with E-state index in [1.165, 1.54) is 0 Å². The maximum absolute atomic E-state index is 11.5. The van der Waals surface area contributed by atoms with Crippen molar-refractivity contribution in [1.82, 2.24) is 10.6 Å². The maximum atomic E-state index is 11.5. The van der Waals surface area contributed by atoms with Crippen LogP contribution in [0.15, 0.2) is 30.3 Å². The van der Waals surface area contributed by atoms with Gasteiger partial charge in [-0.05, 0) is 5.56 Å². The number of nitrogens with one attached hydrogen (secondary N) is 2. The molecule has 1 aromatic carbocycles. The lowest BCUT2D eigenvalue weighted by atomic mass is 10.2. The highest BCUT2D eigenvalue weighted by Crippen LogP contribution is 2.00. The van der Waals surface area contributed by atoms with Crippen LogP contribution in [0, 0.1) is 0 Å². The number of amides is 3. The van der Waals surface area contributed by atoms with Crippen LogP contribution in [0.5, 0.6) is 0 Å². The number of aliphatic hydroxyl groups is 1. The third-order valence-corrected chi connectivity index (χ3v) is 2.44. The van der Waals surface area contributed by atoms with Crippen LogP contribution >= 0.6 is 0 Å². The van der Waals surface area contributed by atoms with Crippen molar-refractivity contribution in [3.8, 4) is 0 Å². The summed E-state index contributed by atoms with van der Waals surface area (Å²) in [5.74, 6) is -1.46. The molecule has 0 aliphatic heterocycles. The fourth-order valence-electron chi connectivity index (χ4n) is 1.40. The van der Waals surface area contributed by atoms with Gasteiger partial charge < -0.3 is 26.2 Å². The SMILES string of the molecule is NC(=O)CNC(=O)C(CO)NC(=O)OCc1ccccc1. The molecule has 1 aromatic rings. The molecule has 1 unspecified atom stereocenters. The number of nitrogens with two attached hydrogens (primary N) is 1. The third kappa shape index (κ3) is 6.39. The zero-order chi connectivity index (χ0) is 15.7. The summed E-state index contributed by atoms with van der Waals surface area (Å²) in [5, 5.41) is 13.4. The number of hydrogen-bond donors (Lipinski definition) is 4. The minimum atomic E-state index is -1.22. The maximum Gasteiger partial charge on any atom is 0.408 e. The summed E-state index contributed by atoms with van der Waals surface area (Å²) in [5.41, 5.74) is 5.65. The Labute approximate surface area is 121 Å². The Bertz CT molecular complexity index is 492. The van der Waals surface area contributed by atoms with Crippen LogP contribution in [-0.2, 0) is 20.9 Å². The number of benzene rings is 1. The van der Waals surface area contributed by atoms with Gasteiger partial charge in [-0.25, -0.2) is 4.79 Å². The lowest BCUT2D eigenvalue weighted by Gasteiger charge is -2.15. The van der Waals surface area contributed by atoms with Gasteiger partial charge in [-0.3, -0.25) is 9.59 Å². The summed E-state index contributed by atoms with van der Waals surface area (Å²) in [6.45, 7) is -0.977. The highest BCUT2D eigenvalue weighted by atomic mass is 16.5. The molecule has 0 heterocycles. The van der Waals surface area contributed by atoms with Gasteiger partial charge in [0.2, 0.25) is 11.8 Å². The second-order valence-corrected chi connectivity index (χ2v) is 4.13. The Morgan fingerprint density at radius 1 is 1.24 bits per heavy atom. The van der Waals surface area contributed by atoms with E-state index < -0.39 is 30.6 Å². The van der Waals surface area contributed by atoms with Gasteiger partial charge in [0.1, 0.15) is 12.6 Å². The van der Waals surface area contributed by atoms with Gasteiger partial charge >= 0.3 is 6.09 Å². The van der Waals surface area contributed by atoms with Crippen LogP contribution < -0.4 is 16.4 Å². The normalized spacial score (nSPS) is 11.3. The number of alkyl carbamates (subject to hydrolysis) is 1. The van der Waals surface area contributed by atoms with E-state index in [1.54, 1.807) is 24.3 Å². The van der Waals surface area contributed by atoms with Gasteiger partial charge in [0.25, 0.3) is 0 Å². The smallest absolute Gasteiger partial charge is 0.408 e. The Morgan fingerprint density at radius 2 is 1.90 bits per heavy atom. The predicted octanol–water partition coefficient (Wildman–Crippen LogP) is -1.12. The molecule has 1 atom stereocenters. The molecular weight excluding hydrogens is 278 g/mol. The molecular formula is C13H17N3O5. The van der Waals surface area contributed by atoms with E-state index in [9.17, 15) is 14.4 Å². The summed E-state index contributed by atoms with van der Waals surface area (Å²) in [7, 11) is 0. The molecule has 3 amide bonds. The molecule has 0 aromatic heterocycles. The number of rotatable bonds is 7. The van der Waals surface area contributed by atoms with E-state index in [-0.39, 0.29) is 13.2 Å². The number of primary amides is 1. The highest BCUT2D eigenvalue weighted by Gasteiger charge is 2.20. The molecule has 0 saturated carbocycles. The molecule has 21 heavy (non-hydrogen) atoms. The molecule has 0 spiro atoms. The monoisotopic (exact) mass is 295 g/mol. The van der Waals surface area contributed by atoms with Gasteiger partial charge in [-0.1, -0.05) is 30.3 Å². The molecule has 0 aliphatic rings. The summed E-state index contributed by atoms with van der Waals surface area (Å²) < 4.78 is 4.90. The van der Waals surface area contributed by atoms with Crippen molar-refractivity contribution >= 4 is 17.9 Å². The average Bonchev–Trinajstić information content (AvgIpc) is 2.49. The quantitative estimate of drug-likeness (QED) is 0.506. The zero-order valence-electron chi connectivity index (χ0n) is 11.2. The van der Waals surface area contributed by atoms with Crippen molar-refractivity contribution in [1.29, 1.82) is 0 Å². The third-order valence-electron chi connectivity index (χ3n) is 2.44. The first-order valence-electron chi connectivity index (χ1n) is 6.17. The molecule has 0 fully saturated rings. The number of carbonyl (C=O) groups is 3. The van der Waals surface area contributed by atoms with E-state index in [0.717, 1.165) is 5.56 Å². The summed E-state index contributed by atoms with van der Waals surface area (Å²) in [6.07, 6.45) is -0.855. The second kappa shape index (κ2) is 8.54. The number of ether oxygens (including phenoxy) is 1. The number of carbonyl (C=O) groups excluding carboxylic acids is 3. The minimum Gasteiger partial charge on any atom is -0.445 e. The van der Waals surface area contributed by atoms with E-state index in [4.69, 9.17) is 15.6 Å². The first-order valence-corrected chi connectivity index (χ1v) is 6.17. The van der Waals surface area contributed by atoms with Crippen molar-refractivity contribution in [2.75, 3.05) is 13.2 Å². The lowest BCUT2D eigenvalue weighted by Crippen LogP contribution is -2.50. The Balaban J connectivity index is 2.40. The van der Waals surface area contributed by atoms with Crippen molar-refractivity contribution < 1.29 is 24.2 Å². The number of aliphatic hydroxyl groups excluding tert-OH is 1. The predicted molar refractivity (Wildman–Crippen MR) is 72.8 cm³/mol. The molecule has 0 aliphatic carbocycles. The molecule has 0 bridgehead atoms. The Hall–Kier alpha value is -2.61. The number of hydrogen-bond acceptors (Lipinski definition) is 5. The van der Waals surface area contributed by atoms with E-state index in [1.807, 2.05) is 6.07 Å². The molecule has 8 heteroatoms. The fourth-order valence-corrected chi connectivity index (χ4v) is 1.40.